The maximum Gasteiger partial charge on any atom is 0.154 e. The van der Waals surface area contributed by atoms with Crippen LogP contribution in [0, 0.1) is 6.92 Å². The summed E-state index contributed by atoms with van der Waals surface area (Å²) in [6.45, 7) is 4.60. The predicted molar refractivity (Wildman–Crippen MR) is 65.4 cm³/mol. The van der Waals surface area contributed by atoms with Gasteiger partial charge in [0.2, 0.25) is 0 Å². The van der Waals surface area contributed by atoms with Crippen molar-refractivity contribution in [3.8, 4) is 0 Å². The molecule has 2 heterocycles. The molecule has 0 aliphatic rings. The Morgan fingerprint density at radius 3 is 2.76 bits per heavy atom. The van der Waals surface area contributed by atoms with Crippen molar-refractivity contribution in [1.82, 2.24) is 24.8 Å². The minimum atomic E-state index is -0.787. The van der Waals surface area contributed by atoms with Crippen LogP contribution in [-0.2, 0) is 13.6 Å². The van der Waals surface area contributed by atoms with E-state index in [0.717, 1.165) is 11.4 Å². The quantitative estimate of drug-likeness (QED) is 0.924. The van der Waals surface area contributed by atoms with E-state index in [4.69, 9.17) is 0 Å². The van der Waals surface area contributed by atoms with Gasteiger partial charge in [-0.3, -0.25) is 4.68 Å². The molecule has 1 N–H and O–H groups in total. The molecule has 0 aromatic carbocycles. The van der Waals surface area contributed by atoms with Gasteiger partial charge in [-0.25, -0.2) is 4.68 Å². The molecule has 0 saturated heterocycles. The van der Waals surface area contributed by atoms with Gasteiger partial charge in [0.25, 0.3) is 0 Å². The van der Waals surface area contributed by atoms with Gasteiger partial charge >= 0.3 is 0 Å². The van der Waals surface area contributed by atoms with Crippen LogP contribution < -0.4 is 0 Å². The molecule has 2 aromatic heterocycles. The van der Waals surface area contributed by atoms with Gasteiger partial charge in [-0.1, -0.05) is 5.21 Å². The summed E-state index contributed by atoms with van der Waals surface area (Å²) >= 11 is 3.28. The zero-order chi connectivity index (χ0) is 12.6. The third-order valence-corrected chi connectivity index (χ3v) is 3.16. The molecule has 0 spiro atoms. The summed E-state index contributed by atoms with van der Waals surface area (Å²) in [5.41, 5.74) is 2.25. The fraction of sp³-hybridized carbons (Fsp3) is 0.500. The summed E-state index contributed by atoms with van der Waals surface area (Å²) in [5, 5.41) is 22.4. The standard InChI is InChI=1S/C10H14BrN5O/c1-4-16-7(5-6(2)13-16)9(17)8-10(11)12-14-15(8)3/h5,9,17H,4H2,1-3H3. The lowest BCUT2D eigenvalue weighted by atomic mass is 10.2. The molecular formula is C10H14BrN5O. The van der Waals surface area contributed by atoms with Crippen LogP contribution in [0.5, 0.6) is 0 Å². The van der Waals surface area contributed by atoms with Gasteiger partial charge in [-0.05, 0) is 35.8 Å². The van der Waals surface area contributed by atoms with Gasteiger partial charge in [0.1, 0.15) is 11.8 Å². The van der Waals surface area contributed by atoms with Crippen LogP contribution >= 0.6 is 15.9 Å². The SMILES string of the molecule is CCn1nc(C)cc1C(O)c1c(Br)nnn1C. The number of aliphatic hydroxyl groups excluding tert-OH is 1. The van der Waals surface area contributed by atoms with Gasteiger partial charge in [-0.15, -0.1) is 5.10 Å². The highest BCUT2D eigenvalue weighted by molar-refractivity contribution is 9.10. The molecule has 92 valence electrons. The summed E-state index contributed by atoms with van der Waals surface area (Å²) in [4.78, 5) is 0. The molecule has 1 atom stereocenters. The molecule has 0 saturated carbocycles. The second-order valence-corrected chi connectivity index (χ2v) is 4.57. The minimum Gasteiger partial charge on any atom is -0.380 e. The van der Waals surface area contributed by atoms with E-state index in [9.17, 15) is 5.11 Å². The molecule has 2 aromatic rings. The molecule has 2 rings (SSSR count). The zero-order valence-corrected chi connectivity index (χ0v) is 11.5. The van der Waals surface area contributed by atoms with E-state index in [0.29, 0.717) is 16.8 Å². The highest BCUT2D eigenvalue weighted by Gasteiger charge is 2.23. The number of hydrogen-bond donors (Lipinski definition) is 1. The molecule has 0 fully saturated rings. The Balaban J connectivity index is 2.46. The highest BCUT2D eigenvalue weighted by atomic mass is 79.9. The first-order valence-electron chi connectivity index (χ1n) is 5.32. The number of rotatable bonds is 3. The third-order valence-electron chi connectivity index (χ3n) is 2.60. The molecule has 0 aliphatic carbocycles. The van der Waals surface area contributed by atoms with Crippen LogP contribution in [0.2, 0.25) is 0 Å². The van der Waals surface area contributed by atoms with Gasteiger partial charge in [0.15, 0.2) is 4.60 Å². The molecule has 7 heteroatoms. The number of halogens is 1. The number of aliphatic hydroxyl groups is 1. The average molecular weight is 300 g/mol. The molecule has 6 nitrogen and oxygen atoms in total. The van der Waals surface area contributed by atoms with Crippen LogP contribution in [0.15, 0.2) is 10.7 Å². The first kappa shape index (κ1) is 12.3. The van der Waals surface area contributed by atoms with Gasteiger partial charge in [0, 0.05) is 13.6 Å². The summed E-state index contributed by atoms with van der Waals surface area (Å²) in [5.74, 6) is 0. The summed E-state index contributed by atoms with van der Waals surface area (Å²) < 4.78 is 3.88. The van der Waals surface area contributed by atoms with E-state index in [1.165, 1.54) is 0 Å². The Labute approximate surface area is 107 Å². The lowest BCUT2D eigenvalue weighted by molar-refractivity contribution is 0.197. The van der Waals surface area contributed by atoms with E-state index in [-0.39, 0.29) is 0 Å². The Morgan fingerprint density at radius 2 is 2.24 bits per heavy atom. The smallest absolute Gasteiger partial charge is 0.154 e. The van der Waals surface area contributed by atoms with E-state index in [2.05, 4.69) is 31.3 Å². The molecule has 0 radical (unpaired) electrons. The largest absolute Gasteiger partial charge is 0.380 e. The van der Waals surface area contributed by atoms with Crippen molar-refractivity contribution in [1.29, 1.82) is 0 Å². The van der Waals surface area contributed by atoms with Crippen molar-refractivity contribution in [3.63, 3.8) is 0 Å². The van der Waals surface area contributed by atoms with Crippen LogP contribution in [-0.4, -0.2) is 29.9 Å². The van der Waals surface area contributed by atoms with Crippen LogP contribution in [0.25, 0.3) is 0 Å². The number of hydrogen-bond acceptors (Lipinski definition) is 4. The third kappa shape index (κ3) is 2.12. The highest BCUT2D eigenvalue weighted by Crippen LogP contribution is 2.26. The average Bonchev–Trinajstić information content (AvgIpc) is 2.82. The summed E-state index contributed by atoms with van der Waals surface area (Å²) in [6.07, 6.45) is -0.787. The minimum absolute atomic E-state index is 0.550. The van der Waals surface area contributed by atoms with Crippen LogP contribution in [0.1, 0.15) is 30.1 Å². The van der Waals surface area contributed by atoms with Crippen LogP contribution in [0.4, 0.5) is 0 Å². The van der Waals surface area contributed by atoms with Crippen molar-refractivity contribution < 1.29 is 5.11 Å². The molecule has 0 amide bonds. The molecule has 1 unspecified atom stereocenters. The Morgan fingerprint density at radius 1 is 1.53 bits per heavy atom. The normalized spacial score (nSPS) is 13.0. The van der Waals surface area contributed by atoms with Gasteiger partial charge in [-0.2, -0.15) is 5.10 Å². The van der Waals surface area contributed by atoms with Gasteiger partial charge < -0.3 is 5.11 Å². The molecule has 0 aliphatic heterocycles. The Bertz CT molecular complexity index is 513. The van der Waals surface area contributed by atoms with E-state index in [1.807, 2.05) is 19.9 Å². The van der Waals surface area contributed by atoms with Crippen molar-refractivity contribution in [2.45, 2.75) is 26.5 Å². The Kier molecular flexibility index (Phi) is 3.30. The van der Waals surface area contributed by atoms with Crippen molar-refractivity contribution in [2.24, 2.45) is 7.05 Å². The monoisotopic (exact) mass is 299 g/mol. The molecular weight excluding hydrogens is 286 g/mol. The van der Waals surface area contributed by atoms with E-state index in [1.54, 1.807) is 16.4 Å². The topological polar surface area (TPSA) is 68.8 Å². The van der Waals surface area contributed by atoms with Gasteiger partial charge in [0.05, 0.1) is 11.4 Å². The lowest BCUT2D eigenvalue weighted by Crippen LogP contribution is -2.12. The summed E-state index contributed by atoms with van der Waals surface area (Å²) in [7, 11) is 1.75. The fourth-order valence-corrected chi connectivity index (χ4v) is 2.35. The Hall–Kier alpha value is -1.21. The van der Waals surface area contributed by atoms with Crippen molar-refractivity contribution in [3.05, 3.63) is 27.8 Å². The summed E-state index contributed by atoms with van der Waals surface area (Å²) in [6, 6.07) is 1.87. The van der Waals surface area contributed by atoms with Crippen molar-refractivity contribution in [2.75, 3.05) is 0 Å². The van der Waals surface area contributed by atoms with Crippen molar-refractivity contribution >= 4 is 15.9 Å². The van der Waals surface area contributed by atoms with E-state index < -0.39 is 6.10 Å². The lowest BCUT2D eigenvalue weighted by Gasteiger charge is -2.12. The second-order valence-electron chi connectivity index (χ2n) is 3.82. The van der Waals surface area contributed by atoms with E-state index >= 15 is 0 Å². The second kappa shape index (κ2) is 4.58. The number of aryl methyl sites for hydroxylation is 3. The zero-order valence-electron chi connectivity index (χ0n) is 9.92. The molecule has 0 bridgehead atoms. The first-order valence-corrected chi connectivity index (χ1v) is 6.11. The number of aromatic nitrogens is 5. The predicted octanol–water partition coefficient (Wildman–Crippen LogP) is 1.18. The number of nitrogens with zero attached hydrogens (tertiary/aromatic N) is 5. The van der Waals surface area contributed by atoms with Crippen LogP contribution in [0.3, 0.4) is 0 Å². The first-order chi connectivity index (χ1) is 8.04. The molecule has 17 heavy (non-hydrogen) atoms. The maximum absolute atomic E-state index is 10.4. The fourth-order valence-electron chi connectivity index (χ4n) is 1.81. The maximum atomic E-state index is 10.4.